The zero-order valence-corrected chi connectivity index (χ0v) is 11.2. The van der Waals surface area contributed by atoms with Crippen LogP contribution in [0.5, 0.6) is 0 Å². The molecule has 0 saturated heterocycles. The third kappa shape index (κ3) is 3.09. The summed E-state index contributed by atoms with van der Waals surface area (Å²) in [6.45, 7) is 8.01. The largest absolute Gasteiger partial charge is 0.399 e. The molecule has 0 fully saturated rings. The first-order valence-electron chi connectivity index (χ1n) is 5.24. The van der Waals surface area contributed by atoms with E-state index in [1.54, 1.807) is 19.1 Å². The van der Waals surface area contributed by atoms with Gasteiger partial charge in [-0.25, -0.2) is 0 Å². The van der Waals surface area contributed by atoms with Crippen molar-refractivity contribution in [3.8, 4) is 6.07 Å². The lowest BCUT2D eigenvalue weighted by atomic mass is 9.98. The van der Waals surface area contributed by atoms with E-state index in [4.69, 9.17) is 10.2 Å². The molecule has 1 rings (SSSR count). The van der Waals surface area contributed by atoms with Crippen LogP contribution in [0.4, 0.5) is 5.69 Å². The average molecular weight is 234 g/mol. The second kappa shape index (κ2) is 4.28. The third-order valence-electron chi connectivity index (χ3n) is 2.19. The van der Waals surface area contributed by atoms with E-state index in [2.05, 4.69) is 25.7 Å². The van der Waals surface area contributed by atoms with Crippen LogP contribution in [-0.2, 0) is 10.0 Å². The van der Waals surface area contributed by atoms with Gasteiger partial charge in [-0.3, -0.25) is 0 Å². The summed E-state index contributed by atoms with van der Waals surface area (Å²) in [6.07, 6.45) is 0. The van der Waals surface area contributed by atoms with Gasteiger partial charge in [-0.05, 0) is 44.3 Å². The number of nitrogen functional groups attached to an aromatic ring is 1. The molecule has 0 aliphatic heterocycles. The fourth-order valence-corrected chi connectivity index (χ4v) is 2.95. The summed E-state index contributed by atoms with van der Waals surface area (Å²) >= 11 is 0. The van der Waals surface area contributed by atoms with E-state index in [0.717, 1.165) is 5.56 Å². The van der Waals surface area contributed by atoms with Gasteiger partial charge in [0, 0.05) is 5.69 Å². The summed E-state index contributed by atoms with van der Waals surface area (Å²) in [5, 5.41) is 9.29. The van der Waals surface area contributed by atoms with Crippen molar-refractivity contribution in [3.05, 3.63) is 29.8 Å². The molecule has 1 atom stereocenters. The van der Waals surface area contributed by atoms with E-state index in [1.807, 2.05) is 12.1 Å². The molecule has 1 aromatic rings. The molecule has 0 aliphatic carbocycles. The summed E-state index contributed by atoms with van der Waals surface area (Å²) in [5.74, 6) is 0. The number of nitriles is 1. The molecule has 16 heavy (non-hydrogen) atoms. The number of nitrogens with zero attached hydrogens (tertiary/aromatic N) is 1. The Morgan fingerprint density at radius 2 is 1.75 bits per heavy atom. The van der Waals surface area contributed by atoms with Gasteiger partial charge in [-0.2, -0.15) is 5.26 Å². The normalized spacial score (nSPS) is 15.2. The number of hydrogen-bond acceptors (Lipinski definition) is 3. The van der Waals surface area contributed by atoms with Crippen LogP contribution in [0.3, 0.4) is 0 Å². The van der Waals surface area contributed by atoms with Crippen molar-refractivity contribution in [3.63, 3.8) is 0 Å². The predicted molar refractivity (Wildman–Crippen MR) is 68.3 cm³/mol. The van der Waals surface area contributed by atoms with Gasteiger partial charge >= 0.3 is 0 Å². The van der Waals surface area contributed by atoms with Crippen LogP contribution in [0.25, 0.3) is 0 Å². The number of rotatable bonds is 3. The maximum Gasteiger partial charge on any atom is 0.186 e. The fourth-order valence-electron chi connectivity index (χ4n) is 1.56. The van der Waals surface area contributed by atoms with Crippen molar-refractivity contribution in [1.29, 1.82) is 5.26 Å². The van der Waals surface area contributed by atoms with Gasteiger partial charge in [0.1, 0.15) is 6.07 Å². The molecule has 0 spiro atoms. The Bertz CT molecular complexity index is 403. The standard InChI is InChI=1S/C12H18N2OSi/c1-12(9-13,15-16(2,3)4)10-5-7-11(14)8-6-10/h5-8H,14H2,1-4H3. The number of nitrogens with two attached hydrogens (primary N) is 1. The van der Waals surface area contributed by atoms with Crippen molar-refractivity contribution >= 4 is 14.0 Å². The summed E-state index contributed by atoms with van der Waals surface area (Å²) in [6, 6.07) is 9.51. The van der Waals surface area contributed by atoms with Gasteiger partial charge < -0.3 is 10.2 Å². The first-order valence-corrected chi connectivity index (χ1v) is 8.65. The highest BCUT2D eigenvalue weighted by atomic mass is 28.4. The van der Waals surface area contributed by atoms with Gasteiger partial charge in [-0.1, -0.05) is 12.1 Å². The Hall–Kier alpha value is -1.31. The van der Waals surface area contributed by atoms with E-state index >= 15 is 0 Å². The maximum atomic E-state index is 9.29. The zero-order valence-electron chi connectivity index (χ0n) is 10.2. The van der Waals surface area contributed by atoms with E-state index in [1.165, 1.54) is 0 Å². The summed E-state index contributed by atoms with van der Waals surface area (Å²) < 4.78 is 5.94. The molecule has 0 aliphatic rings. The number of hydrogen-bond donors (Lipinski definition) is 1. The molecule has 0 bridgehead atoms. The quantitative estimate of drug-likeness (QED) is 0.646. The van der Waals surface area contributed by atoms with Crippen molar-refractivity contribution < 1.29 is 4.43 Å². The Morgan fingerprint density at radius 1 is 1.25 bits per heavy atom. The molecule has 0 radical (unpaired) electrons. The summed E-state index contributed by atoms with van der Waals surface area (Å²) in [4.78, 5) is 0. The van der Waals surface area contributed by atoms with Crippen LogP contribution in [0.15, 0.2) is 24.3 Å². The third-order valence-corrected chi connectivity index (χ3v) is 3.21. The lowest BCUT2D eigenvalue weighted by Gasteiger charge is -2.30. The average Bonchev–Trinajstić information content (AvgIpc) is 2.16. The number of anilines is 1. The highest BCUT2D eigenvalue weighted by molar-refractivity contribution is 6.69. The molecule has 0 heterocycles. The van der Waals surface area contributed by atoms with Gasteiger partial charge in [-0.15, -0.1) is 0 Å². The Balaban J connectivity index is 3.06. The van der Waals surface area contributed by atoms with Crippen LogP contribution in [0, 0.1) is 11.3 Å². The topological polar surface area (TPSA) is 59.0 Å². The highest BCUT2D eigenvalue weighted by Gasteiger charge is 2.33. The Morgan fingerprint density at radius 3 is 2.12 bits per heavy atom. The molecule has 0 saturated carbocycles. The van der Waals surface area contributed by atoms with Crippen molar-refractivity contribution in [1.82, 2.24) is 0 Å². The molecular formula is C12H18N2OSi. The minimum Gasteiger partial charge on any atom is -0.399 e. The van der Waals surface area contributed by atoms with E-state index in [0.29, 0.717) is 5.69 Å². The van der Waals surface area contributed by atoms with Crippen LogP contribution in [-0.4, -0.2) is 8.32 Å². The van der Waals surface area contributed by atoms with E-state index in [9.17, 15) is 5.26 Å². The lowest BCUT2D eigenvalue weighted by molar-refractivity contribution is 0.141. The first-order chi connectivity index (χ1) is 7.27. The van der Waals surface area contributed by atoms with E-state index < -0.39 is 13.9 Å². The van der Waals surface area contributed by atoms with Crippen LogP contribution in [0.2, 0.25) is 19.6 Å². The van der Waals surface area contributed by atoms with Crippen molar-refractivity contribution in [2.45, 2.75) is 32.2 Å². The lowest BCUT2D eigenvalue weighted by Crippen LogP contribution is -2.37. The molecule has 1 aromatic carbocycles. The molecule has 2 N–H and O–H groups in total. The Labute approximate surface area is 98.0 Å². The van der Waals surface area contributed by atoms with Crippen molar-refractivity contribution in [2.24, 2.45) is 0 Å². The highest BCUT2D eigenvalue weighted by Crippen LogP contribution is 2.28. The predicted octanol–water partition coefficient (Wildman–Crippen LogP) is 2.86. The molecule has 86 valence electrons. The molecule has 0 amide bonds. The zero-order chi connectivity index (χ0) is 12.4. The van der Waals surface area contributed by atoms with Gasteiger partial charge in [0.25, 0.3) is 0 Å². The maximum absolute atomic E-state index is 9.29. The van der Waals surface area contributed by atoms with Crippen molar-refractivity contribution in [2.75, 3.05) is 5.73 Å². The molecule has 4 heteroatoms. The first kappa shape index (κ1) is 12.8. The summed E-state index contributed by atoms with van der Waals surface area (Å²) in [5.41, 5.74) is 6.29. The second-order valence-electron chi connectivity index (χ2n) is 4.98. The van der Waals surface area contributed by atoms with Gasteiger partial charge in [0.05, 0.1) is 0 Å². The smallest absolute Gasteiger partial charge is 0.186 e. The minimum absolute atomic E-state index is 0.692. The SMILES string of the molecule is CC(C#N)(O[Si](C)(C)C)c1ccc(N)cc1. The fraction of sp³-hybridized carbons (Fsp3) is 0.417. The summed E-state index contributed by atoms with van der Waals surface area (Å²) in [7, 11) is -1.76. The van der Waals surface area contributed by atoms with E-state index in [-0.39, 0.29) is 0 Å². The van der Waals surface area contributed by atoms with Crippen LogP contribution in [0.1, 0.15) is 12.5 Å². The molecule has 3 nitrogen and oxygen atoms in total. The minimum atomic E-state index is -1.76. The second-order valence-corrected chi connectivity index (χ2v) is 9.41. The monoisotopic (exact) mass is 234 g/mol. The van der Waals surface area contributed by atoms with Crippen LogP contribution < -0.4 is 5.73 Å². The molecular weight excluding hydrogens is 216 g/mol. The Kier molecular flexibility index (Phi) is 3.41. The molecule has 0 aromatic heterocycles. The van der Waals surface area contributed by atoms with Crippen LogP contribution >= 0.6 is 0 Å². The van der Waals surface area contributed by atoms with Gasteiger partial charge in [0.15, 0.2) is 13.9 Å². The van der Waals surface area contributed by atoms with Gasteiger partial charge in [0.2, 0.25) is 0 Å². The molecule has 1 unspecified atom stereocenters. The number of benzene rings is 1.